The zero-order valence-corrected chi connectivity index (χ0v) is 17.5. The number of hydrogen-bond acceptors (Lipinski definition) is 5. The zero-order valence-electron chi connectivity index (χ0n) is 17.5. The van der Waals surface area contributed by atoms with Crippen molar-refractivity contribution in [2.75, 3.05) is 5.32 Å². The van der Waals surface area contributed by atoms with Crippen molar-refractivity contribution in [3.8, 4) is 16.9 Å². The molecule has 0 saturated carbocycles. The Balaban J connectivity index is 1.79. The van der Waals surface area contributed by atoms with E-state index in [-0.39, 0.29) is 47.1 Å². The highest BCUT2D eigenvalue weighted by molar-refractivity contribution is 6.12. The second-order valence-electron chi connectivity index (χ2n) is 7.38. The molecule has 0 spiro atoms. The maximum Gasteiger partial charge on any atom is 0.257 e. The minimum Gasteiger partial charge on any atom is -0.508 e. The summed E-state index contributed by atoms with van der Waals surface area (Å²) in [6.07, 6.45) is 4.84. The van der Waals surface area contributed by atoms with Crippen LogP contribution in [0.5, 0.6) is 5.75 Å². The summed E-state index contributed by atoms with van der Waals surface area (Å²) in [6.45, 7) is 1.35. The summed E-state index contributed by atoms with van der Waals surface area (Å²) < 4.78 is 18.3. The van der Waals surface area contributed by atoms with E-state index in [1.807, 2.05) is 0 Å². The number of aliphatic hydroxyl groups excluding tert-OH is 1. The Hall–Kier alpha value is -3.98. The van der Waals surface area contributed by atoms with Crippen LogP contribution in [-0.2, 0) is 13.7 Å². The van der Waals surface area contributed by atoms with Crippen molar-refractivity contribution < 1.29 is 24.2 Å². The van der Waals surface area contributed by atoms with Gasteiger partial charge in [0.15, 0.2) is 11.6 Å². The van der Waals surface area contributed by atoms with Crippen molar-refractivity contribution in [2.45, 2.75) is 20.0 Å². The summed E-state index contributed by atoms with van der Waals surface area (Å²) in [7, 11) is 1.70. The number of benzene rings is 1. The molecule has 164 valence electrons. The lowest BCUT2D eigenvalue weighted by Gasteiger charge is -2.11. The molecule has 0 fully saturated rings. The van der Waals surface area contributed by atoms with Gasteiger partial charge in [-0.3, -0.25) is 14.3 Å². The topological polar surface area (TPSA) is 109 Å². The van der Waals surface area contributed by atoms with Crippen molar-refractivity contribution in [3.05, 3.63) is 71.6 Å². The molecule has 0 bridgehead atoms. The Bertz CT molecular complexity index is 1360. The number of hydrogen-bond donors (Lipinski definition) is 3. The molecule has 32 heavy (non-hydrogen) atoms. The minimum atomic E-state index is -0.681. The summed E-state index contributed by atoms with van der Waals surface area (Å²) in [5.74, 6) is -1.60. The Morgan fingerprint density at radius 2 is 2.00 bits per heavy atom. The fourth-order valence-electron chi connectivity index (χ4n) is 3.59. The highest BCUT2D eigenvalue weighted by Crippen LogP contribution is 2.31. The smallest absolute Gasteiger partial charge is 0.257 e. The van der Waals surface area contributed by atoms with E-state index >= 15 is 4.39 Å². The average molecular weight is 436 g/mol. The normalized spacial score (nSPS) is 11.1. The van der Waals surface area contributed by atoms with Crippen LogP contribution in [0, 0.1) is 5.82 Å². The molecule has 9 heteroatoms. The van der Waals surface area contributed by atoms with Gasteiger partial charge >= 0.3 is 0 Å². The van der Waals surface area contributed by atoms with Gasteiger partial charge in [0.1, 0.15) is 5.75 Å². The van der Waals surface area contributed by atoms with E-state index in [1.54, 1.807) is 20.2 Å². The van der Waals surface area contributed by atoms with Gasteiger partial charge in [-0.1, -0.05) is 6.92 Å². The standard InChI is InChI=1S/C23H21FN4O4/c1-3-21(31)20-9-17(19-8-15(30)4-5-28(19)20)23(32)26-18-7-13(12-29)6-16(22(18)24)14-10-25-27(2)11-14/h4-11,29-30H,3,12H2,1-2H3,(H,26,32). The molecule has 4 aromatic rings. The molecule has 0 radical (unpaired) electrons. The largest absolute Gasteiger partial charge is 0.508 e. The Kier molecular flexibility index (Phi) is 5.50. The lowest BCUT2D eigenvalue weighted by atomic mass is 10.0. The van der Waals surface area contributed by atoms with Gasteiger partial charge in [-0.25, -0.2) is 4.39 Å². The molecular formula is C23H21FN4O4. The van der Waals surface area contributed by atoms with E-state index < -0.39 is 11.7 Å². The van der Waals surface area contributed by atoms with Gasteiger partial charge in [0.2, 0.25) is 0 Å². The number of amides is 1. The van der Waals surface area contributed by atoms with Crippen molar-refractivity contribution >= 4 is 22.9 Å². The molecule has 0 unspecified atom stereocenters. The molecule has 3 N–H and O–H groups in total. The molecule has 0 saturated heterocycles. The van der Waals surface area contributed by atoms with Crippen LogP contribution in [0.1, 0.15) is 39.8 Å². The first-order valence-electron chi connectivity index (χ1n) is 9.93. The Morgan fingerprint density at radius 1 is 1.22 bits per heavy atom. The van der Waals surface area contributed by atoms with E-state index in [0.29, 0.717) is 16.6 Å². The number of pyridine rings is 1. The third-order valence-electron chi connectivity index (χ3n) is 5.19. The van der Waals surface area contributed by atoms with Crippen LogP contribution in [-0.4, -0.2) is 36.1 Å². The molecule has 3 aromatic heterocycles. The fourth-order valence-corrected chi connectivity index (χ4v) is 3.59. The van der Waals surface area contributed by atoms with Crippen molar-refractivity contribution in [3.63, 3.8) is 0 Å². The maximum atomic E-state index is 15.3. The van der Waals surface area contributed by atoms with Gasteiger partial charge in [-0.2, -0.15) is 5.10 Å². The summed E-state index contributed by atoms with van der Waals surface area (Å²) in [5.41, 5.74) is 1.66. The number of rotatable bonds is 6. The monoisotopic (exact) mass is 436 g/mol. The predicted octanol–water partition coefficient (Wildman–Crippen LogP) is 3.52. The number of halogens is 1. The third-order valence-corrected chi connectivity index (χ3v) is 5.19. The number of Topliss-reactive ketones (excluding diaryl/α,β-unsaturated/α-hetero) is 1. The number of carbonyl (C=O) groups is 2. The van der Waals surface area contributed by atoms with Crippen LogP contribution in [0.15, 0.2) is 48.9 Å². The summed E-state index contributed by atoms with van der Waals surface area (Å²) in [5, 5.41) is 26.1. The fraction of sp³-hybridized carbons (Fsp3) is 0.174. The van der Waals surface area contributed by atoms with E-state index in [0.717, 1.165) is 0 Å². The minimum absolute atomic E-state index is 0.0764. The number of carbonyl (C=O) groups excluding carboxylic acids is 2. The number of fused-ring (bicyclic) bond motifs is 1. The highest BCUT2D eigenvalue weighted by atomic mass is 19.1. The number of aryl methyl sites for hydroxylation is 1. The van der Waals surface area contributed by atoms with Gasteiger partial charge in [0.25, 0.3) is 5.91 Å². The van der Waals surface area contributed by atoms with E-state index in [9.17, 15) is 19.8 Å². The maximum absolute atomic E-state index is 15.3. The van der Waals surface area contributed by atoms with Gasteiger partial charge in [0, 0.05) is 43.1 Å². The van der Waals surface area contributed by atoms with Gasteiger partial charge in [0.05, 0.1) is 35.3 Å². The van der Waals surface area contributed by atoms with Crippen molar-refractivity contribution in [1.29, 1.82) is 0 Å². The van der Waals surface area contributed by atoms with Crippen LogP contribution in [0.25, 0.3) is 16.6 Å². The number of aromatic nitrogens is 3. The second-order valence-corrected chi connectivity index (χ2v) is 7.38. The second kappa shape index (κ2) is 8.27. The van der Waals surface area contributed by atoms with Gasteiger partial charge in [-0.15, -0.1) is 0 Å². The predicted molar refractivity (Wildman–Crippen MR) is 116 cm³/mol. The third kappa shape index (κ3) is 3.74. The molecule has 0 atom stereocenters. The molecule has 0 aliphatic heterocycles. The summed E-state index contributed by atoms with van der Waals surface area (Å²) in [4.78, 5) is 25.4. The average Bonchev–Trinajstić information content (AvgIpc) is 3.38. The van der Waals surface area contributed by atoms with Crippen LogP contribution >= 0.6 is 0 Å². The van der Waals surface area contributed by atoms with Crippen LogP contribution in [0.2, 0.25) is 0 Å². The number of anilines is 1. The van der Waals surface area contributed by atoms with Gasteiger partial charge < -0.3 is 19.9 Å². The van der Waals surface area contributed by atoms with Crippen molar-refractivity contribution in [1.82, 2.24) is 14.2 Å². The van der Waals surface area contributed by atoms with E-state index in [1.165, 1.54) is 51.8 Å². The number of aliphatic hydroxyl groups is 1. The zero-order chi connectivity index (χ0) is 23.0. The lowest BCUT2D eigenvalue weighted by Crippen LogP contribution is -2.13. The molecule has 1 amide bonds. The molecule has 4 rings (SSSR count). The van der Waals surface area contributed by atoms with Crippen LogP contribution in [0.4, 0.5) is 10.1 Å². The highest BCUT2D eigenvalue weighted by Gasteiger charge is 2.21. The number of aromatic hydroxyl groups is 1. The first-order chi connectivity index (χ1) is 15.3. The molecule has 3 heterocycles. The van der Waals surface area contributed by atoms with Crippen LogP contribution in [0.3, 0.4) is 0 Å². The Labute approximate surface area is 182 Å². The quantitative estimate of drug-likeness (QED) is 0.401. The lowest BCUT2D eigenvalue weighted by molar-refractivity contribution is 0.0982. The van der Waals surface area contributed by atoms with Gasteiger partial charge in [-0.05, 0) is 29.8 Å². The molecule has 8 nitrogen and oxygen atoms in total. The van der Waals surface area contributed by atoms with Crippen molar-refractivity contribution in [2.24, 2.45) is 7.05 Å². The number of nitrogens with one attached hydrogen (secondary N) is 1. The summed E-state index contributed by atoms with van der Waals surface area (Å²) in [6, 6.07) is 7.03. The number of ketones is 1. The number of nitrogens with zero attached hydrogens (tertiary/aromatic N) is 3. The summed E-state index contributed by atoms with van der Waals surface area (Å²) >= 11 is 0. The van der Waals surface area contributed by atoms with E-state index in [2.05, 4.69) is 10.4 Å². The molecule has 0 aliphatic carbocycles. The first-order valence-corrected chi connectivity index (χ1v) is 9.93. The first kappa shape index (κ1) is 21.3. The molecular weight excluding hydrogens is 415 g/mol. The Morgan fingerprint density at radius 3 is 2.66 bits per heavy atom. The van der Waals surface area contributed by atoms with E-state index in [4.69, 9.17) is 0 Å². The molecule has 0 aliphatic rings. The van der Waals surface area contributed by atoms with Crippen LogP contribution < -0.4 is 5.32 Å². The SMILES string of the molecule is CCC(=O)c1cc(C(=O)Nc2cc(CO)cc(-c3cnn(C)c3)c2F)c2cc(O)ccn12. The molecule has 1 aromatic carbocycles.